The predicted octanol–water partition coefficient (Wildman–Crippen LogP) is 1.62. The van der Waals surface area contributed by atoms with Gasteiger partial charge in [0.2, 0.25) is 0 Å². The van der Waals surface area contributed by atoms with Crippen LogP contribution in [0.5, 0.6) is 0 Å². The summed E-state index contributed by atoms with van der Waals surface area (Å²) >= 11 is 0. The van der Waals surface area contributed by atoms with Crippen molar-refractivity contribution in [1.29, 1.82) is 0 Å². The van der Waals surface area contributed by atoms with Gasteiger partial charge in [-0.1, -0.05) is 38.8 Å². The van der Waals surface area contributed by atoms with E-state index in [2.05, 4.69) is 25.7 Å². The Bertz CT molecular complexity index is 416. The Morgan fingerprint density at radius 1 is 1.46 bits per heavy atom. The molecule has 0 aromatic rings. The smallest absolute Gasteiger partial charge is 0.252 e. The molecule has 1 aliphatic heterocycles. The Kier molecular flexibility index (Phi) is 8.91. The van der Waals surface area contributed by atoms with Gasteiger partial charge in [0, 0.05) is 0 Å². The van der Waals surface area contributed by atoms with Crippen LogP contribution < -0.4 is 5.32 Å². The van der Waals surface area contributed by atoms with Crippen molar-refractivity contribution in [3.05, 3.63) is 12.2 Å². The van der Waals surface area contributed by atoms with Crippen LogP contribution in [0.15, 0.2) is 12.2 Å². The highest BCUT2D eigenvalue weighted by atomic mass is 16.5. The van der Waals surface area contributed by atoms with Gasteiger partial charge in [-0.25, -0.2) is 0 Å². The molecular weight excluding hydrogens is 308 g/mol. The van der Waals surface area contributed by atoms with Gasteiger partial charge in [0.05, 0.1) is 25.1 Å². The standard InChI is InChI=1S/C18H34N2O4/c1-6-7-8-16(20(5)11-21)19-18(23)17(22)15-10-12(2)9-13(3)14(4)24-15/h13-17,21-22H,2,6-11H2,1,3-5H3,(H,19,23)/t13-,14?,15?,16+,17+/m1/s1. The molecule has 1 saturated heterocycles. The number of nitrogens with one attached hydrogen (secondary N) is 1. The minimum Gasteiger partial charge on any atom is -0.381 e. The zero-order chi connectivity index (χ0) is 18.3. The van der Waals surface area contributed by atoms with Crippen molar-refractivity contribution in [2.45, 2.75) is 77.4 Å². The van der Waals surface area contributed by atoms with Crippen molar-refractivity contribution < 1.29 is 19.7 Å². The molecule has 3 N–H and O–H groups in total. The molecule has 0 saturated carbocycles. The van der Waals surface area contributed by atoms with E-state index in [4.69, 9.17) is 4.74 Å². The second-order valence-corrected chi connectivity index (χ2v) is 7.03. The molecule has 1 amide bonds. The van der Waals surface area contributed by atoms with Crippen LogP contribution in [0, 0.1) is 5.92 Å². The van der Waals surface area contributed by atoms with Gasteiger partial charge >= 0.3 is 0 Å². The first-order valence-corrected chi connectivity index (χ1v) is 8.91. The number of aliphatic hydroxyl groups is 2. The van der Waals surface area contributed by atoms with E-state index in [0.29, 0.717) is 12.3 Å². The topological polar surface area (TPSA) is 82.0 Å². The molecule has 0 aromatic heterocycles. The highest BCUT2D eigenvalue weighted by Crippen LogP contribution is 2.28. The number of unbranched alkanes of at least 4 members (excludes halogenated alkanes) is 1. The number of amides is 1. The van der Waals surface area contributed by atoms with Gasteiger partial charge in [-0.15, -0.1) is 0 Å². The van der Waals surface area contributed by atoms with Crippen molar-refractivity contribution in [1.82, 2.24) is 10.2 Å². The Balaban J connectivity index is 2.71. The lowest BCUT2D eigenvalue weighted by Gasteiger charge is -2.30. The first-order chi connectivity index (χ1) is 11.3. The molecule has 24 heavy (non-hydrogen) atoms. The molecule has 0 radical (unpaired) electrons. The van der Waals surface area contributed by atoms with Crippen molar-refractivity contribution in [3.8, 4) is 0 Å². The third-order valence-corrected chi connectivity index (χ3v) is 4.81. The number of carbonyl (C=O) groups is 1. The van der Waals surface area contributed by atoms with E-state index in [9.17, 15) is 15.0 Å². The third kappa shape index (κ3) is 6.16. The van der Waals surface area contributed by atoms with Gasteiger partial charge in [0.15, 0.2) is 6.10 Å². The van der Waals surface area contributed by atoms with Crippen molar-refractivity contribution in [2.24, 2.45) is 5.92 Å². The fourth-order valence-electron chi connectivity index (χ4n) is 2.95. The molecule has 0 aliphatic carbocycles. The Hall–Kier alpha value is -0.950. The fourth-order valence-corrected chi connectivity index (χ4v) is 2.95. The van der Waals surface area contributed by atoms with E-state index < -0.39 is 18.1 Å². The monoisotopic (exact) mass is 342 g/mol. The minimum atomic E-state index is -1.24. The van der Waals surface area contributed by atoms with Crippen LogP contribution in [-0.2, 0) is 9.53 Å². The molecule has 1 fully saturated rings. The van der Waals surface area contributed by atoms with Crippen LogP contribution in [0.3, 0.4) is 0 Å². The van der Waals surface area contributed by atoms with Gasteiger partial charge < -0.3 is 20.3 Å². The van der Waals surface area contributed by atoms with Gasteiger partial charge in [0.1, 0.15) is 0 Å². The summed E-state index contributed by atoms with van der Waals surface area (Å²) in [4.78, 5) is 14.1. The van der Waals surface area contributed by atoms with E-state index in [-0.39, 0.29) is 19.0 Å². The van der Waals surface area contributed by atoms with Gasteiger partial charge in [-0.05, 0) is 39.2 Å². The number of aliphatic hydroxyl groups excluding tert-OH is 2. The Morgan fingerprint density at radius 2 is 2.12 bits per heavy atom. The van der Waals surface area contributed by atoms with Crippen LogP contribution >= 0.6 is 0 Å². The fraction of sp³-hybridized carbons (Fsp3) is 0.833. The lowest BCUT2D eigenvalue weighted by Crippen LogP contribution is -2.52. The molecule has 0 spiro atoms. The number of carbonyl (C=O) groups excluding carboxylic acids is 1. The zero-order valence-electron chi connectivity index (χ0n) is 15.5. The van der Waals surface area contributed by atoms with E-state index in [0.717, 1.165) is 31.3 Å². The lowest BCUT2D eigenvalue weighted by molar-refractivity contribution is -0.144. The van der Waals surface area contributed by atoms with E-state index in [1.165, 1.54) is 0 Å². The number of ether oxygens (including phenoxy) is 1. The van der Waals surface area contributed by atoms with Crippen LogP contribution in [0.2, 0.25) is 0 Å². The third-order valence-electron chi connectivity index (χ3n) is 4.81. The summed E-state index contributed by atoms with van der Waals surface area (Å²) in [7, 11) is 1.74. The van der Waals surface area contributed by atoms with Crippen molar-refractivity contribution in [3.63, 3.8) is 0 Å². The van der Waals surface area contributed by atoms with Crippen LogP contribution in [0.25, 0.3) is 0 Å². The highest BCUT2D eigenvalue weighted by Gasteiger charge is 2.34. The summed E-state index contributed by atoms with van der Waals surface area (Å²) in [5.41, 5.74) is 0.999. The van der Waals surface area contributed by atoms with E-state index in [1.807, 2.05) is 6.92 Å². The van der Waals surface area contributed by atoms with Crippen LogP contribution in [0.4, 0.5) is 0 Å². The number of hydrogen-bond donors (Lipinski definition) is 3. The maximum absolute atomic E-state index is 12.5. The van der Waals surface area contributed by atoms with Crippen molar-refractivity contribution >= 4 is 5.91 Å². The predicted molar refractivity (Wildman–Crippen MR) is 94.2 cm³/mol. The SMILES string of the molecule is C=C1CC([C@H](O)C(=O)N[C@H](CCCC)N(C)CO)OC(C)[C@H](C)C1. The highest BCUT2D eigenvalue weighted by molar-refractivity contribution is 5.81. The molecule has 1 rings (SSSR count). The molecule has 1 aliphatic rings. The summed E-state index contributed by atoms with van der Waals surface area (Å²) in [6, 6.07) is 0. The zero-order valence-corrected chi connectivity index (χ0v) is 15.5. The first kappa shape index (κ1) is 21.1. The summed E-state index contributed by atoms with van der Waals surface area (Å²) in [5, 5.41) is 22.6. The van der Waals surface area contributed by atoms with Gasteiger partial charge in [-0.3, -0.25) is 9.69 Å². The van der Waals surface area contributed by atoms with E-state index in [1.54, 1.807) is 11.9 Å². The molecule has 1 heterocycles. The molecular formula is C18H34N2O4. The summed E-state index contributed by atoms with van der Waals surface area (Å²) in [6.45, 7) is 9.99. The molecule has 6 nitrogen and oxygen atoms in total. The largest absolute Gasteiger partial charge is 0.381 e. The molecule has 140 valence electrons. The maximum Gasteiger partial charge on any atom is 0.252 e. The number of rotatable bonds is 8. The lowest BCUT2D eigenvalue weighted by atomic mass is 9.96. The van der Waals surface area contributed by atoms with Crippen LogP contribution in [-0.4, -0.2) is 59.3 Å². The molecule has 6 heteroatoms. The Morgan fingerprint density at radius 3 is 2.71 bits per heavy atom. The van der Waals surface area contributed by atoms with Crippen LogP contribution in [0.1, 0.15) is 52.9 Å². The average molecular weight is 342 g/mol. The van der Waals surface area contributed by atoms with E-state index >= 15 is 0 Å². The van der Waals surface area contributed by atoms with Gasteiger partial charge in [0.25, 0.3) is 5.91 Å². The number of nitrogens with zero attached hydrogens (tertiary/aromatic N) is 1. The number of hydrogen-bond acceptors (Lipinski definition) is 5. The summed E-state index contributed by atoms with van der Waals surface area (Å²) in [5.74, 6) is -0.147. The second kappa shape index (κ2) is 10.1. The normalized spacial score (nSPS) is 27.6. The maximum atomic E-state index is 12.5. The second-order valence-electron chi connectivity index (χ2n) is 7.03. The minimum absolute atomic E-state index is 0.0345. The van der Waals surface area contributed by atoms with Gasteiger partial charge in [-0.2, -0.15) is 0 Å². The van der Waals surface area contributed by atoms with Crippen molar-refractivity contribution in [2.75, 3.05) is 13.8 Å². The first-order valence-electron chi connectivity index (χ1n) is 8.91. The summed E-state index contributed by atoms with van der Waals surface area (Å²) in [6.07, 6.45) is 1.81. The molecule has 0 aromatic carbocycles. The molecule has 5 atom stereocenters. The molecule has 2 unspecified atom stereocenters. The quantitative estimate of drug-likeness (QED) is 0.461. The average Bonchev–Trinajstić information content (AvgIpc) is 2.67. The molecule has 0 bridgehead atoms. The summed E-state index contributed by atoms with van der Waals surface area (Å²) < 4.78 is 5.89. The Labute approximate surface area is 145 Å².